The van der Waals surface area contributed by atoms with Crippen LogP contribution in [-0.2, 0) is 19.6 Å². The molecular weight excluding hydrogens is 522 g/mol. The third-order valence-electron chi connectivity index (χ3n) is 4.79. The number of nitrogens with zero attached hydrogens (tertiary/aromatic N) is 1. The lowest BCUT2D eigenvalue weighted by Crippen LogP contribution is -2.38. The van der Waals surface area contributed by atoms with Crippen LogP contribution in [0.3, 0.4) is 0 Å². The van der Waals surface area contributed by atoms with Crippen LogP contribution in [0.5, 0.6) is 5.75 Å². The van der Waals surface area contributed by atoms with E-state index in [1.54, 1.807) is 48.5 Å². The third-order valence-corrected chi connectivity index (χ3v) is 7.18. The molecule has 2 amide bonds. The first-order valence-electron chi connectivity index (χ1n) is 10.2. The normalized spacial score (nSPS) is 10.9. The number of hydrogen-bond acceptors (Lipinski definition) is 5. The summed E-state index contributed by atoms with van der Waals surface area (Å²) in [4.78, 5) is 24.2. The summed E-state index contributed by atoms with van der Waals surface area (Å²) in [6.07, 6.45) is 0. The molecule has 2 N–H and O–H groups in total. The molecule has 0 heterocycles. The first kappa shape index (κ1) is 25.3. The Morgan fingerprint density at radius 2 is 1.62 bits per heavy atom. The number of amides is 2. The van der Waals surface area contributed by atoms with Gasteiger partial charge < -0.3 is 15.4 Å². The van der Waals surface area contributed by atoms with Crippen LogP contribution < -0.4 is 19.7 Å². The van der Waals surface area contributed by atoms with Crippen molar-refractivity contribution in [2.75, 3.05) is 28.6 Å². The second-order valence-corrected chi connectivity index (χ2v) is 10.2. The van der Waals surface area contributed by atoms with Crippen molar-refractivity contribution in [1.29, 1.82) is 0 Å². The number of hydrogen-bond donors (Lipinski definition) is 2. The van der Waals surface area contributed by atoms with Crippen molar-refractivity contribution in [2.24, 2.45) is 0 Å². The van der Waals surface area contributed by atoms with Crippen LogP contribution in [0.25, 0.3) is 0 Å². The lowest BCUT2D eigenvalue weighted by Gasteiger charge is -2.24. The standard InChI is InChI=1S/C24H24BrN3O5S/c1-16-7-9-20(10-8-16)28(34(31,32)21-11-12-23(33-3)22(25)14-21)15-24(30)27-19-6-4-5-18(13-19)26-17(2)29/h4-14H,15H2,1-3H3,(H,26,29)(H,27,30). The summed E-state index contributed by atoms with van der Waals surface area (Å²) in [5.41, 5.74) is 2.23. The molecule has 0 aliphatic heterocycles. The summed E-state index contributed by atoms with van der Waals surface area (Å²) in [6.45, 7) is 2.81. The van der Waals surface area contributed by atoms with Gasteiger partial charge in [0.2, 0.25) is 11.8 Å². The van der Waals surface area contributed by atoms with Gasteiger partial charge in [0, 0.05) is 18.3 Å². The van der Waals surface area contributed by atoms with E-state index in [2.05, 4.69) is 26.6 Å². The molecule has 3 aromatic carbocycles. The molecule has 0 radical (unpaired) electrons. The van der Waals surface area contributed by atoms with Crippen molar-refractivity contribution < 1.29 is 22.7 Å². The van der Waals surface area contributed by atoms with Gasteiger partial charge in [0.1, 0.15) is 12.3 Å². The van der Waals surface area contributed by atoms with Gasteiger partial charge >= 0.3 is 0 Å². The lowest BCUT2D eigenvalue weighted by atomic mass is 10.2. The Morgan fingerprint density at radius 3 is 2.21 bits per heavy atom. The molecule has 0 saturated heterocycles. The van der Waals surface area contributed by atoms with Gasteiger partial charge in [-0.15, -0.1) is 0 Å². The monoisotopic (exact) mass is 545 g/mol. The molecule has 0 aliphatic carbocycles. The van der Waals surface area contributed by atoms with E-state index in [4.69, 9.17) is 4.74 Å². The zero-order valence-electron chi connectivity index (χ0n) is 18.8. The number of rotatable bonds is 8. The van der Waals surface area contributed by atoms with Crippen molar-refractivity contribution in [3.8, 4) is 5.75 Å². The number of ether oxygens (including phenoxy) is 1. The molecule has 0 atom stereocenters. The molecule has 178 valence electrons. The highest BCUT2D eigenvalue weighted by Crippen LogP contribution is 2.31. The highest BCUT2D eigenvalue weighted by Gasteiger charge is 2.28. The smallest absolute Gasteiger partial charge is 0.264 e. The summed E-state index contributed by atoms with van der Waals surface area (Å²) in [7, 11) is -2.61. The van der Waals surface area contributed by atoms with Gasteiger partial charge in [-0.1, -0.05) is 23.8 Å². The Balaban J connectivity index is 1.92. The summed E-state index contributed by atoms with van der Waals surface area (Å²) in [5.74, 6) is -0.305. The molecule has 0 bridgehead atoms. The van der Waals surface area contributed by atoms with Gasteiger partial charge in [0.05, 0.1) is 22.2 Å². The van der Waals surface area contributed by atoms with Crippen molar-refractivity contribution in [1.82, 2.24) is 0 Å². The van der Waals surface area contributed by atoms with Crippen molar-refractivity contribution in [3.05, 3.63) is 76.8 Å². The van der Waals surface area contributed by atoms with Crippen LogP contribution in [0.2, 0.25) is 0 Å². The number of sulfonamides is 1. The van der Waals surface area contributed by atoms with Crippen molar-refractivity contribution in [3.63, 3.8) is 0 Å². The van der Waals surface area contributed by atoms with Gasteiger partial charge in [0.15, 0.2) is 0 Å². The number of aryl methyl sites for hydroxylation is 1. The summed E-state index contributed by atoms with van der Waals surface area (Å²) in [5, 5.41) is 5.33. The zero-order chi connectivity index (χ0) is 24.9. The second-order valence-electron chi connectivity index (χ2n) is 7.45. The fourth-order valence-corrected chi connectivity index (χ4v) is 5.31. The lowest BCUT2D eigenvalue weighted by molar-refractivity contribution is -0.115. The topological polar surface area (TPSA) is 105 Å². The predicted octanol–water partition coefficient (Wildman–Crippen LogP) is 4.56. The van der Waals surface area contributed by atoms with E-state index in [0.717, 1.165) is 9.87 Å². The molecule has 0 spiro atoms. The molecule has 34 heavy (non-hydrogen) atoms. The summed E-state index contributed by atoms with van der Waals surface area (Å²) < 4.78 is 33.9. The Hall–Kier alpha value is -3.37. The Morgan fingerprint density at radius 1 is 0.971 bits per heavy atom. The molecule has 8 nitrogen and oxygen atoms in total. The van der Waals surface area contributed by atoms with E-state index in [0.29, 0.717) is 27.3 Å². The Labute approximate surface area is 207 Å². The number of methoxy groups -OCH3 is 1. The van der Waals surface area contributed by atoms with Gasteiger partial charge in [-0.2, -0.15) is 0 Å². The fourth-order valence-electron chi connectivity index (χ4n) is 3.17. The maximum atomic E-state index is 13.6. The SMILES string of the molecule is COc1ccc(S(=O)(=O)N(CC(=O)Nc2cccc(NC(C)=O)c2)c2ccc(C)cc2)cc1Br. The maximum Gasteiger partial charge on any atom is 0.264 e. The van der Waals surface area contributed by atoms with Gasteiger partial charge in [-0.05, 0) is 71.4 Å². The summed E-state index contributed by atoms with van der Waals surface area (Å²) in [6, 6.07) is 17.8. The van der Waals surface area contributed by atoms with Crippen LogP contribution in [-0.4, -0.2) is 33.9 Å². The quantitative estimate of drug-likeness (QED) is 0.431. The first-order chi connectivity index (χ1) is 16.1. The maximum absolute atomic E-state index is 13.6. The van der Waals surface area contributed by atoms with Crippen LogP contribution in [0.4, 0.5) is 17.1 Å². The molecule has 3 rings (SSSR count). The Kier molecular flexibility index (Phi) is 7.95. The average Bonchev–Trinajstić information content (AvgIpc) is 2.78. The number of anilines is 3. The number of carbonyl (C=O) groups is 2. The predicted molar refractivity (Wildman–Crippen MR) is 136 cm³/mol. The van der Waals surface area contributed by atoms with Crippen LogP contribution >= 0.6 is 15.9 Å². The van der Waals surface area contributed by atoms with E-state index in [9.17, 15) is 18.0 Å². The minimum Gasteiger partial charge on any atom is -0.496 e. The molecule has 0 fully saturated rings. The summed E-state index contributed by atoms with van der Waals surface area (Å²) >= 11 is 3.32. The highest BCUT2D eigenvalue weighted by atomic mass is 79.9. The van der Waals surface area contributed by atoms with E-state index in [1.165, 1.54) is 32.2 Å². The first-order valence-corrected chi connectivity index (χ1v) is 12.4. The zero-order valence-corrected chi connectivity index (χ0v) is 21.2. The van der Waals surface area contributed by atoms with Crippen LogP contribution in [0.15, 0.2) is 76.1 Å². The van der Waals surface area contributed by atoms with Crippen molar-refractivity contribution >= 4 is 54.8 Å². The highest BCUT2D eigenvalue weighted by molar-refractivity contribution is 9.10. The molecule has 0 saturated carbocycles. The van der Waals surface area contributed by atoms with Gasteiger partial charge in [-0.3, -0.25) is 13.9 Å². The molecule has 3 aromatic rings. The Bertz CT molecular complexity index is 1310. The molecule has 0 aliphatic rings. The minimum atomic E-state index is -4.10. The number of benzene rings is 3. The second kappa shape index (κ2) is 10.7. The van der Waals surface area contributed by atoms with E-state index >= 15 is 0 Å². The minimum absolute atomic E-state index is 0.00112. The van der Waals surface area contributed by atoms with E-state index in [-0.39, 0.29) is 10.8 Å². The van der Waals surface area contributed by atoms with E-state index in [1.807, 2.05) is 6.92 Å². The van der Waals surface area contributed by atoms with Crippen LogP contribution in [0.1, 0.15) is 12.5 Å². The molecule has 0 unspecified atom stereocenters. The molecular formula is C24H24BrN3O5S. The molecule has 10 heteroatoms. The number of carbonyl (C=O) groups excluding carboxylic acids is 2. The van der Waals surface area contributed by atoms with Gasteiger partial charge in [-0.25, -0.2) is 8.42 Å². The number of halogens is 1. The fraction of sp³-hybridized carbons (Fsp3) is 0.167. The average molecular weight is 546 g/mol. The van der Waals surface area contributed by atoms with E-state index < -0.39 is 22.5 Å². The molecule has 0 aromatic heterocycles. The third kappa shape index (κ3) is 6.15. The van der Waals surface area contributed by atoms with Crippen LogP contribution in [0, 0.1) is 6.92 Å². The largest absolute Gasteiger partial charge is 0.496 e. The number of nitrogens with one attached hydrogen (secondary N) is 2. The van der Waals surface area contributed by atoms with Crippen molar-refractivity contribution in [2.45, 2.75) is 18.7 Å². The van der Waals surface area contributed by atoms with Gasteiger partial charge in [0.25, 0.3) is 10.0 Å².